The molecule has 2 aromatic rings. The molecule has 3 amide bonds. The van der Waals surface area contributed by atoms with Gasteiger partial charge >= 0.3 is 6.03 Å². The minimum Gasteiger partial charge on any atom is -0.351 e. The largest absolute Gasteiger partial charge is 0.351 e. The number of nitrogens with zero attached hydrogens (tertiary/aromatic N) is 2. The summed E-state index contributed by atoms with van der Waals surface area (Å²) < 4.78 is 2.05. The average Bonchev–Trinajstić information content (AvgIpc) is 2.75. The number of carbonyl (C=O) groups excluding carboxylic acids is 2. The van der Waals surface area contributed by atoms with Crippen molar-refractivity contribution < 1.29 is 9.59 Å². The number of urea groups is 1. The van der Waals surface area contributed by atoms with Gasteiger partial charge in [0.15, 0.2) is 5.16 Å². The van der Waals surface area contributed by atoms with Gasteiger partial charge in [-0.3, -0.25) is 10.1 Å². The second kappa shape index (κ2) is 7.02. The average molecular weight is 341 g/mol. The van der Waals surface area contributed by atoms with E-state index >= 15 is 0 Å². The quantitative estimate of drug-likeness (QED) is 0.819. The van der Waals surface area contributed by atoms with E-state index in [1.165, 1.54) is 11.8 Å². The highest BCUT2D eigenvalue weighted by Crippen LogP contribution is 2.29. The minimum atomic E-state index is -0.855. The molecule has 0 spiro atoms. The molecule has 0 aliphatic carbocycles. The predicted molar refractivity (Wildman–Crippen MR) is 88.1 cm³/mol. The van der Waals surface area contributed by atoms with E-state index in [4.69, 9.17) is 17.3 Å². The van der Waals surface area contributed by atoms with E-state index in [-0.39, 0.29) is 0 Å². The summed E-state index contributed by atoms with van der Waals surface area (Å²) in [5, 5.41) is 2.92. The van der Waals surface area contributed by atoms with E-state index in [2.05, 4.69) is 17.2 Å². The summed E-state index contributed by atoms with van der Waals surface area (Å²) in [5.74, 6) is -0.439. The maximum Gasteiger partial charge on any atom is 0.318 e. The molecule has 118 valence electrons. The van der Waals surface area contributed by atoms with Crippen LogP contribution in [0.25, 0.3) is 11.0 Å². The van der Waals surface area contributed by atoms with Gasteiger partial charge in [-0.15, -0.1) is 0 Å². The van der Waals surface area contributed by atoms with Crippen LogP contribution in [0.5, 0.6) is 0 Å². The molecule has 0 fully saturated rings. The number of hydrogen-bond donors (Lipinski definition) is 2. The molecule has 0 aliphatic heterocycles. The Bertz CT molecular complexity index is 716. The lowest BCUT2D eigenvalue weighted by Gasteiger charge is -2.11. The van der Waals surface area contributed by atoms with Gasteiger partial charge in [0.25, 0.3) is 0 Å². The molecule has 1 heterocycles. The zero-order chi connectivity index (χ0) is 16.3. The Hall–Kier alpha value is -1.73. The number of nitrogens with one attached hydrogen (secondary N) is 1. The zero-order valence-corrected chi connectivity index (χ0v) is 13.9. The minimum absolute atomic E-state index is 0.439. The molecule has 0 bridgehead atoms. The number of thioether (sulfide) groups is 1. The summed E-state index contributed by atoms with van der Waals surface area (Å²) >= 11 is 7.28. The molecule has 1 unspecified atom stereocenters. The van der Waals surface area contributed by atoms with Crippen molar-refractivity contribution in [2.24, 2.45) is 5.73 Å². The molecule has 0 saturated heterocycles. The van der Waals surface area contributed by atoms with Gasteiger partial charge in [-0.25, -0.2) is 9.78 Å². The van der Waals surface area contributed by atoms with E-state index < -0.39 is 17.2 Å². The lowest BCUT2D eigenvalue weighted by Crippen LogP contribution is -2.39. The highest BCUT2D eigenvalue weighted by atomic mass is 35.5. The first-order chi connectivity index (χ1) is 10.4. The fourth-order valence-electron chi connectivity index (χ4n) is 2.05. The first-order valence-corrected chi connectivity index (χ1v) is 8.11. The second-order valence-electron chi connectivity index (χ2n) is 4.79. The van der Waals surface area contributed by atoms with Gasteiger partial charge in [0.05, 0.1) is 16.3 Å². The van der Waals surface area contributed by atoms with Crippen LogP contribution < -0.4 is 11.1 Å². The van der Waals surface area contributed by atoms with Crippen molar-refractivity contribution in [3.05, 3.63) is 23.2 Å². The molecule has 22 heavy (non-hydrogen) atoms. The van der Waals surface area contributed by atoms with Gasteiger partial charge in [-0.05, 0) is 31.5 Å². The molecule has 1 aromatic heterocycles. The highest BCUT2D eigenvalue weighted by Gasteiger charge is 2.20. The number of fused-ring (bicyclic) bond motifs is 1. The van der Waals surface area contributed by atoms with Gasteiger partial charge < -0.3 is 10.3 Å². The molecule has 3 N–H and O–H groups in total. The Morgan fingerprint density at radius 2 is 2.23 bits per heavy atom. The molecule has 8 heteroatoms. The van der Waals surface area contributed by atoms with Crippen LogP contribution in [-0.4, -0.2) is 26.7 Å². The van der Waals surface area contributed by atoms with Gasteiger partial charge in [-0.1, -0.05) is 30.3 Å². The van der Waals surface area contributed by atoms with Crippen LogP contribution in [0.3, 0.4) is 0 Å². The van der Waals surface area contributed by atoms with Crippen LogP contribution in [0.15, 0.2) is 23.4 Å². The fourth-order valence-corrected chi connectivity index (χ4v) is 3.16. The van der Waals surface area contributed by atoms with Crippen LogP contribution in [0.1, 0.15) is 20.3 Å². The summed E-state index contributed by atoms with van der Waals surface area (Å²) in [6.07, 6.45) is 0.934. The monoisotopic (exact) mass is 340 g/mol. The fraction of sp³-hybridized carbons (Fsp3) is 0.357. The molecule has 0 radical (unpaired) electrons. The number of amides is 3. The molecule has 1 aromatic carbocycles. The lowest BCUT2D eigenvalue weighted by atomic mass is 10.3. The maximum absolute atomic E-state index is 11.8. The van der Waals surface area contributed by atoms with Crippen LogP contribution in [-0.2, 0) is 11.3 Å². The molecule has 0 aliphatic rings. The molecular weight excluding hydrogens is 324 g/mol. The van der Waals surface area contributed by atoms with Crippen molar-refractivity contribution in [1.29, 1.82) is 0 Å². The molecule has 0 saturated carbocycles. The summed E-state index contributed by atoms with van der Waals surface area (Å²) in [6.45, 7) is 4.55. The van der Waals surface area contributed by atoms with E-state index in [0.717, 1.165) is 24.0 Å². The van der Waals surface area contributed by atoms with Gasteiger partial charge in [-0.2, -0.15) is 0 Å². The summed E-state index contributed by atoms with van der Waals surface area (Å²) in [5.41, 5.74) is 6.72. The number of rotatable bonds is 5. The number of aryl methyl sites for hydroxylation is 1. The second-order valence-corrected chi connectivity index (χ2v) is 6.54. The SMILES string of the molecule is CCCn1c(SC(C)C(=O)NC(N)=O)nc2cc(Cl)ccc21. The summed E-state index contributed by atoms with van der Waals surface area (Å²) in [4.78, 5) is 27.1. The Morgan fingerprint density at radius 3 is 2.86 bits per heavy atom. The number of primary amides is 1. The summed E-state index contributed by atoms with van der Waals surface area (Å²) in [6, 6.07) is 4.67. The van der Waals surface area contributed by atoms with Crippen molar-refractivity contribution in [3.8, 4) is 0 Å². The predicted octanol–water partition coefficient (Wildman–Crippen LogP) is 2.78. The number of benzene rings is 1. The van der Waals surface area contributed by atoms with E-state index in [1.807, 2.05) is 16.7 Å². The molecular formula is C14H17ClN4O2S. The van der Waals surface area contributed by atoms with Crippen molar-refractivity contribution in [2.75, 3.05) is 0 Å². The Kier molecular flexibility index (Phi) is 5.31. The summed E-state index contributed by atoms with van der Waals surface area (Å²) in [7, 11) is 0. The number of nitrogens with two attached hydrogens (primary N) is 1. The third kappa shape index (κ3) is 3.72. The number of halogens is 1. The van der Waals surface area contributed by atoms with Crippen molar-refractivity contribution in [1.82, 2.24) is 14.9 Å². The first-order valence-electron chi connectivity index (χ1n) is 6.85. The zero-order valence-electron chi connectivity index (χ0n) is 12.3. The normalized spacial score (nSPS) is 12.3. The lowest BCUT2D eigenvalue weighted by molar-refractivity contribution is -0.119. The number of carbonyl (C=O) groups is 2. The Morgan fingerprint density at radius 1 is 1.50 bits per heavy atom. The van der Waals surface area contributed by atoms with Crippen molar-refractivity contribution in [2.45, 2.75) is 37.2 Å². The van der Waals surface area contributed by atoms with E-state index in [9.17, 15) is 9.59 Å². The molecule has 6 nitrogen and oxygen atoms in total. The number of imidazole rings is 1. The molecule has 2 rings (SSSR count). The van der Waals surface area contributed by atoms with Gasteiger partial charge in [0.2, 0.25) is 5.91 Å². The third-order valence-corrected chi connectivity index (χ3v) is 4.35. The topological polar surface area (TPSA) is 90.0 Å². The Balaban J connectivity index is 2.31. The highest BCUT2D eigenvalue weighted by molar-refractivity contribution is 8.00. The van der Waals surface area contributed by atoms with Crippen LogP contribution in [0.2, 0.25) is 5.02 Å². The number of hydrogen-bond acceptors (Lipinski definition) is 4. The van der Waals surface area contributed by atoms with Crippen LogP contribution in [0, 0.1) is 0 Å². The first kappa shape index (κ1) is 16.6. The third-order valence-electron chi connectivity index (χ3n) is 3.02. The van der Waals surface area contributed by atoms with Gasteiger partial charge in [0.1, 0.15) is 0 Å². The van der Waals surface area contributed by atoms with Gasteiger partial charge in [0, 0.05) is 11.6 Å². The maximum atomic E-state index is 11.8. The molecule has 1 atom stereocenters. The number of aromatic nitrogens is 2. The Labute approximate surface area is 137 Å². The number of imide groups is 1. The van der Waals surface area contributed by atoms with Crippen molar-refractivity contribution in [3.63, 3.8) is 0 Å². The van der Waals surface area contributed by atoms with Crippen LogP contribution in [0.4, 0.5) is 4.79 Å². The van der Waals surface area contributed by atoms with E-state index in [0.29, 0.717) is 10.2 Å². The smallest absolute Gasteiger partial charge is 0.318 e. The van der Waals surface area contributed by atoms with Crippen LogP contribution >= 0.6 is 23.4 Å². The van der Waals surface area contributed by atoms with Crippen molar-refractivity contribution >= 4 is 46.3 Å². The van der Waals surface area contributed by atoms with E-state index in [1.54, 1.807) is 13.0 Å². The standard InChI is InChI=1S/C14H17ClN4O2S/c1-3-6-19-11-5-4-9(15)7-10(11)17-14(19)22-8(2)12(20)18-13(16)21/h4-5,7-8H,3,6H2,1-2H3,(H3,16,18,20,21).